The molecule has 26 heavy (non-hydrogen) atoms. The topological polar surface area (TPSA) is 58.4 Å². The number of aromatic nitrogens is 2. The highest BCUT2D eigenvalue weighted by Gasteiger charge is 2.57. The second-order valence-corrected chi connectivity index (χ2v) is 7.53. The van der Waals surface area contributed by atoms with Crippen LogP contribution in [0.3, 0.4) is 0 Å². The minimum absolute atomic E-state index is 0.0507. The van der Waals surface area contributed by atoms with Crippen LogP contribution in [0.5, 0.6) is 0 Å². The molecule has 1 aromatic heterocycles. The molecule has 0 bridgehead atoms. The number of amides is 2. The lowest BCUT2D eigenvalue weighted by Gasteiger charge is -2.28. The maximum Gasteiger partial charge on any atom is 0.231 e. The molecule has 2 amide bonds. The molecule has 2 aliphatic heterocycles. The standard InChI is InChI=1S/C20H24N4O2/c1-22-13-17(15-6-4-3-5-7-15)20(19(22)26)9-11-24(14-20)18(25)12-16-8-10-23(2)21-16/h3-8,10,17H,9,11-14H2,1-2H3/t17-,20-/m0/s1. The first kappa shape index (κ1) is 16.8. The number of carbonyl (C=O) groups is 2. The van der Waals surface area contributed by atoms with Gasteiger partial charge >= 0.3 is 0 Å². The Labute approximate surface area is 153 Å². The maximum absolute atomic E-state index is 13.0. The summed E-state index contributed by atoms with van der Waals surface area (Å²) in [5.74, 6) is 0.350. The van der Waals surface area contributed by atoms with Crippen molar-refractivity contribution in [1.82, 2.24) is 19.6 Å². The predicted octanol–water partition coefficient (Wildman–Crippen LogP) is 1.44. The molecule has 2 aliphatic rings. The Bertz CT molecular complexity index is 831. The average Bonchev–Trinajstić information content (AvgIpc) is 3.32. The van der Waals surface area contributed by atoms with Crippen molar-refractivity contribution in [3.8, 4) is 0 Å². The van der Waals surface area contributed by atoms with Gasteiger partial charge in [0.05, 0.1) is 17.5 Å². The van der Waals surface area contributed by atoms with E-state index in [4.69, 9.17) is 0 Å². The molecule has 0 unspecified atom stereocenters. The van der Waals surface area contributed by atoms with Crippen LogP contribution in [0, 0.1) is 5.41 Å². The van der Waals surface area contributed by atoms with Crippen LogP contribution < -0.4 is 0 Å². The predicted molar refractivity (Wildman–Crippen MR) is 97.4 cm³/mol. The molecule has 2 atom stereocenters. The number of nitrogens with zero attached hydrogens (tertiary/aromatic N) is 4. The highest BCUT2D eigenvalue weighted by Crippen LogP contribution is 2.49. The lowest BCUT2D eigenvalue weighted by molar-refractivity contribution is -0.135. The summed E-state index contributed by atoms with van der Waals surface area (Å²) in [7, 11) is 3.71. The van der Waals surface area contributed by atoms with Crippen LogP contribution in [-0.4, -0.2) is 58.1 Å². The molecule has 1 aromatic carbocycles. The van der Waals surface area contributed by atoms with Gasteiger partial charge in [0, 0.05) is 45.8 Å². The number of carbonyl (C=O) groups excluding carboxylic acids is 2. The molecule has 2 fully saturated rings. The minimum atomic E-state index is -0.490. The van der Waals surface area contributed by atoms with E-state index in [1.54, 1.807) is 4.68 Å². The number of aryl methyl sites for hydroxylation is 1. The second-order valence-electron chi connectivity index (χ2n) is 7.53. The van der Waals surface area contributed by atoms with Crippen LogP contribution in [0.4, 0.5) is 0 Å². The fraction of sp³-hybridized carbons (Fsp3) is 0.450. The number of hydrogen-bond donors (Lipinski definition) is 0. The van der Waals surface area contributed by atoms with Crippen molar-refractivity contribution in [3.05, 3.63) is 53.9 Å². The lowest BCUT2D eigenvalue weighted by atomic mass is 9.73. The molecule has 3 heterocycles. The van der Waals surface area contributed by atoms with E-state index in [9.17, 15) is 9.59 Å². The van der Waals surface area contributed by atoms with E-state index in [0.29, 0.717) is 19.6 Å². The van der Waals surface area contributed by atoms with E-state index in [1.165, 1.54) is 5.56 Å². The molecule has 0 saturated carbocycles. The van der Waals surface area contributed by atoms with Crippen molar-refractivity contribution >= 4 is 11.8 Å². The normalized spacial score (nSPS) is 25.5. The van der Waals surface area contributed by atoms with Crippen molar-refractivity contribution in [2.75, 3.05) is 26.7 Å². The number of hydrogen-bond acceptors (Lipinski definition) is 3. The van der Waals surface area contributed by atoms with Gasteiger partial charge in [-0.3, -0.25) is 14.3 Å². The number of rotatable bonds is 3. The van der Waals surface area contributed by atoms with Crippen molar-refractivity contribution in [3.63, 3.8) is 0 Å². The lowest BCUT2D eigenvalue weighted by Crippen LogP contribution is -2.39. The van der Waals surface area contributed by atoms with E-state index in [-0.39, 0.29) is 24.2 Å². The Hall–Kier alpha value is -2.63. The molecule has 0 aliphatic carbocycles. The molecule has 0 radical (unpaired) electrons. The summed E-state index contributed by atoms with van der Waals surface area (Å²) < 4.78 is 1.70. The Morgan fingerprint density at radius 1 is 1.23 bits per heavy atom. The van der Waals surface area contributed by atoms with Gasteiger partial charge in [-0.25, -0.2) is 0 Å². The SMILES string of the molecule is CN1C[C@@H](c2ccccc2)[C@@]2(CCN(C(=O)Cc3ccn(C)n3)C2)C1=O. The van der Waals surface area contributed by atoms with E-state index >= 15 is 0 Å². The summed E-state index contributed by atoms with van der Waals surface area (Å²) in [5, 5.41) is 4.29. The van der Waals surface area contributed by atoms with Gasteiger partial charge in [-0.2, -0.15) is 5.10 Å². The van der Waals surface area contributed by atoms with Gasteiger partial charge in [-0.1, -0.05) is 30.3 Å². The third kappa shape index (κ3) is 2.69. The minimum Gasteiger partial charge on any atom is -0.345 e. The van der Waals surface area contributed by atoms with Crippen LogP contribution in [0.15, 0.2) is 42.6 Å². The molecular formula is C20H24N4O2. The van der Waals surface area contributed by atoms with E-state index in [0.717, 1.165) is 12.1 Å². The summed E-state index contributed by atoms with van der Waals surface area (Å²) >= 11 is 0. The van der Waals surface area contributed by atoms with Crippen molar-refractivity contribution in [1.29, 1.82) is 0 Å². The van der Waals surface area contributed by atoms with Crippen LogP contribution in [-0.2, 0) is 23.1 Å². The van der Waals surface area contributed by atoms with Crippen molar-refractivity contribution in [2.24, 2.45) is 12.5 Å². The van der Waals surface area contributed by atoms with Gasteiger partial charge < -0.3 is 9.80 Å². The van der Waals surface area contributed by atoms with E-state index in [1.807, 2.05) is 54.4 Å². The maximum atomic E-state index is 13.0. The zero-order valence-electron chi connectivity index (χ0n) is 15.3. The Balaban J connectivity index is 1.56. The zero-order valence-corrected chi connectivity index (χ0v) is 15.3. The first-order chi connectivity index (χ1) is 12.5. The molecule has 0 N–H and O–H groups in total. The fourth-order valence-corrected chi connectivity index (χ4v) is 4.50. The summed E-state index contributed by atoms with van der Waals surface area (Å²) in [6.07, 6.45) is 2.86. The largest absolute Gasteiger partial charge is 0.345 e. The average molecular weight is 352 g/mol. The monoisotopic (exact) mass is 352 g/mol. The van der Waals surface area contributed by atoms with Gasteiger partial charge in [0.15, 0.2) is 0 Å². The van der Waals surface area contributed by atoms with E-state index < -0.39 is 5.41 Å². The van der Waals surface area contributed by atoms with Gasteiger partial charge in [0.1, 0.15) is 0 Å². The van der Waals surface area contributed by atoms with Gasteiger partial charge in [0.25, 0.3) is 0 Å². The van der Waals surface area contributed by atoms with Crippen molar-refractivity contribution < 1.29 is 9.59 Å². The molecular weight excluding hydrogens is 328 g/mol. The quantitative estimate of drug-likeness (QED) is 0.840. The van der Waals surface area contributed by atoms with E-state index in [2.05, 4.69) is 17.2 Å². The smallest absolute Gasteiger partial charge is 0.231 e. The molecule has 4 rings (SSSR count). The van der Waals surface area contributed by atoms with Crippen LogP contribution in [0.1, 0.15) is 23.6 Å². The highest BCUT2D eigenvalue weighted by molar-refractivity contribution is 5.89. The molecule has 1 spiro atoms. The van der Waals surface area contributed by atoms with Gasteiger partial charge in [-0.05, 0) is 18.1 Å². The van der Waals surface area contributed by atoms with Crippen LogP contribution >= 0.6 is 0 Å². The number of likely N-dealkylation sites (tertiary alicyclic amines) is 2. The molecule has 2 aromatic rings. The Morgan fingerprint density at radius 3 is 2.69 bits per heavy atom. The Morgan fingerprint density at radius 2 is 2.00 bits per heavy atom. The van der Waals surface area contributed by atoms with Crippen molar-refractivity contribution in [2.45, 2.75) is 18.8 Å². The molecule has 2 saturated heterocycles. The molecule has 6 heteroatoms. The third-order valence-corrected chi connectivity index (χ3v) is 5.85. The highest BCUT2D eigenvalue weighted by atomic mass is 16.2. The summed E-state index contributed by atoms with van der Waals surface area (Å²) in [6.45, 7) is 1.85. The van der Waals surface area contributed by atoms with Gasteiger partial charge in [-0.15, -0.1) is 0 Å². The first-order valence-corrected chi connectivity index (χ1v) is 9.06. The van der Waals surface area contributed by atoms with Crippen LogP contribution in [0.2, 0.25) is 0 Å². The van der Waals surface area contributed by atoms with Crippen LogP contribution in [0.25, 0.3) is 0 Å². The Kier molecular flexibility index (Phi) is 4.05. The number of likely N-dealkylation sites (N-methyl/N-ethyl adjacent to an activating group) is 1. The third-order valence-electron chi connectivity index (χ3n) is 5.85. The summed E-state index contributed by atoms with van der Waals surface area (Å²) in [6, 6.07) is 12.1. The fourth-order valence-electron chi connectivity index (χ4n) is 4.50. The number of benzene rings is 1. The second kappa shape index (κ2) is 6.27. The molecule has 136 valence electrons. The first-order valence-electron chi connectivity index (χ1n) is 9.06. The molecule has 6 nitrogen and oxygen atoms in total. The van der Waals surface area contributed by atoms with Gasteiger partial charge in [0.2, 0.25) is 11.8 Å². The summed E-state index contributed by atoms with van der Waals surface area (Å²) in [4.78, 5) is 29.4. The zero-order chi connectivity index (χ0) is 18.3. The summed E-state index contributed by atoms with van der Waals surface area (Å²) in [5.41, 5.74) is 1.47.